The third-order valence-electron chi connectivity index (χ3n) is 2.23. The van der Waals surface area contributed by atoms with Crippen molar-refractivity contribution in [1.82, 2.24) is 0 Å². The molecule has 2 nitrogen and oxygen atoms in total. The van der Waals surface area contributed by atoms with E-state index in [1.807, 2.05) is 36.4 Å². The van der Waals surface area contributed by atoms with E-state index in [9.17, 15) is 4.79 Å². The van der Waals surface area contributed by atoms with Crippen molar-refractivity contribution in [3.05, 3.63) is 41.5 Å². The number of hydrogen-bond donors (Lipinski definition) is 0. The Morgan fingerprint density at radius 3 is 2.71 bits per heavy atom. The SMILES string of the molecule is O=C1OCCCC1=Cc1ccccc1. The van der Waals surface area contributed by atoms with Gasteiger partial charge in [0.1, 0.15) is 0 Å². The van der Waals surface area contributed by atoms with Crippen LogP contribution in [0.25, 0.3) is 6.08 Å². The fraction of sp³-hybridized carbons (Fsp3) is 0.250. The summed E-state index contributed by atoms with van der Waals surface area (Å²) in [6, 6.07) is 9.84. The zero-order valence-corrected chi connectivity index (χ0v) is 7.90. The molecule has 0 N–H and O–H groups in total. The van der Waals surface area contributed by atoms with Gasteiger partial charge in [0.2, 0.25) is 0 Å². The van der Waals surface area contributed by atoms with Crippen LogP contribution in [0.2, 0.25) is 0 Å². The van der Waals surface area contributed by atoms with Crippen LogP contribution >= 0.6 is 0 Å². The molecular weight excluding hydrogens is 176 g/mol. The third kappa shape index (κ3) is 2.02. The van der Waals surface area contributed by atoms with E-state index < -0.39 is 0 Å². The van der Waals surface area contributed by atoms with Gasteiger partial charge in [-0.3, -0.25) is 0 Å². The molecule has 2 heteroatoms. The Hall–Kier alpha value is -1.57. The summed E-state index contributed by atoms with van der Waals surface area (Å²) >= 11 is 0. The second-order valence-corrected chi connectivity index (χ2v) is 3.32. The van der Waals surface area contributed by atoms with Gasteiger partial charge in [0.15, 0.2) is 0 Å². The van der Waals surface area contributed by atoms with Crippen molar-refractivity contribution in [1.29, 1.82) is 0 Å². The summed E-state index contributed by atoms with van der Waals surface area (Å²) in [5, 5.41) is 0. The molecule has 0 aromatic heterocycles. The van der Waals surface area contributed by atoms with Crippen LogP contribution in [0.1, 0.15) is 18.4 Å². The molecule has 0 aliphatic carbocycles. The fourth-order valence-electron chi connectivity index (χ4n) is 1.50. The Kier molecular flexibility index (Phi) is 2.63. The smallest absolute Gasteiger partial charge is 0.334 e. The largest absolute Gasteiger partial charge is 0.462 e. The molecule has 0 atom stereocenters. The highest BCUT2D eigenvalue weighted by Gasteiger charge is 2.15. The molecule has 1 aliphatic heterocycles. The monoisotopic (exact) mass is 188 g/mol. The maximum absolute atomic E-state index is 11.3. The lowest BCUT2D eigenvalue weighted by Crippen LogP contribution is -2.15. The summed E-state index contributed by atoms with van der Waals surface area (Å²) in [6.07, 6.45) is 3.67. The second kappa shape index (κ2) is 4.09. The molecule has 1 aromatic carbocycles. The van der Waals surface area contributed by atoms with Crippen LogP contribution < -0.4 is 0 Å². The van der Waals surface area contributed by atoms with Crippen LogP contribution in [0.4, 0.5) is 0 Å². The molecule has 1 heterocycles. The normalized spacial score (nSPS) is 19.4. The van der Waals surface area contributed by atoms with E-state index in [0.717, 1.165) is 24.0 Å². The maximum Gasteiger partial charge on any atom is 0.334 e. The molecule has 1 aromatic rings. The van der Waals surface area contributed by atoms with E-state index in [1.54, 1.807) is 0 Å². The van der Waals surface area contributed by atoms with Gasteiger partial charge in [0.05, 0.1) is 6.61 Å². The molecule has 0 bridgehead atoms. The van der Waals surface area contributed by atoms with E-state index in [4.69, 9.17) is 4.74 Å². The number of cyclic esters (lactones) is 1. The Morgan fingerprint density at radius 2 is 2.00 bits per heavy atom. The summed E-state index contributed by atoms with van der Waals surface area (Å²) in [5.74, 6) is -0.167. The summed E-state index contributed by atoms with van der Waals surface area (Å²) < 4.78 is 4.96. The van der Waals surface area contributed by atoms with Gasteiger partial charge in [-0.05, 0) is 24.5 Å². The number of carbonyl (C=O) groups is 1. The van der Waals surface area contributed by atoms with Crippen molar-refractivity contribution in [3.8, 4) is 0 Å². The number of carbonyl (C=O) groups excluding carboxylic acids is 1. The molecule has 0 amide bonds. The lowest BCUT2D eigenvalue weighted by Gasteiger charge is -2.13. The Bertz CT molecular complexity index is 352. The first-order valence-corrected chi connectivity index (χ1v) is 4.79. The van der Waals surface area contributed by atoms with Gasteiger partial charge in [-0.2, -0.15) is 0 Å². The third-order valence-corrected chi connectivity index (χ3v) is 2.23. The number of ether oxygens (including phenoxy) is 1. The predicted molar refractivity (Wildman–Crippen MR) is 54.6 cm³/mol. The van der Waals surface area contributed by atoms with Crippen molar-refractivity contribution >= 4 is 12.0 Å². The summed E-state index contributed by atoms with van der Waals surface area (Å²) in [7, 11) is 0. The van der Waals surface area contributed by atoms with Gasteiger partial charge >= 0.3 is 5.97 Å². The highest BCUT2D eigenvalue weighted by molar-refractivity contribution is 5.94. The molecule has 2 rings (SSSR count). The zero-order chi connectivity index (χ0) is 9.80. The van der Waals surface area contributed by atoms with Gasteiger partial charge in [0, 0.05) is 5.57 Å². The Morgan fingerprint density at radius 1 is 1.21 bits per heavy atom. The summed E-state index contributed by atoms with van der Waals surface area (Å²) in [6.45, 7) is 0.560. The minimum atomic E-state index is -0.167. The molecular formula is C12H12O2. The van der Waals surface area contributed by atoms with Gasteiger partial charge in [0.25, 0.3) is 0 Å². The van der Waals surface area contributed by atoms with Crippen LogP contribution in [0, 0.1) is 0 Å². The Labute approximate surface area is 83.2 Å². The van der Waals surface area contributed by atoms with E-state index in [2.05, 4.69) is 0 Å². The van der Waals surface area contributed by atoms with Crippen LogP contribution in [-0.2, 0) is 9.53 Å². The molecule has 1 aliphatic rings. The molecule has 0 radical (unpaired) electrons. The average Bonchev–Trinajstić information content (AvgIpc) is 2.23. The quantitative estimate of drug-likeness (QED) is 0.499. The van der Waals surface area contributed by atoms with Crippen molar-refractivity contribution in [3.63, 3.8) is 0 Å². The number of hydrogen-bond acceptors (Lipinski definition) is 2. The topological polar surface area (TPSA) is 26.3 Å². The zero-order valence-electron chi connectivity index (χ0n) is 7.90. The van der Waals surface area contributed by atoms with E-state index in [0.29, 0.717) is 6.61 Å². The molecule has 0 saturated carbocycles. The molecule has 1 fully saturated rings. The molecule has 14 heavy (non-hydrogen) atoms. The highest BCUT2D eigenvalue weighted by atomic mass is 16.5. The van der Waals surface area contributed by atoms with Crippen LogP contribution in [0.3, 0.4) is 0 Å². The van der Waals surface area contributed by atoms with Crippen molar-refractivity contribution in [2.75, 3.05) is 6.61 Å². The first kappa shape index (κ1) is 9.00. The van der Waals surface area contributed by atoms with Crippen molar-refractivity contribution in [2.45, 2.75) is 12.8 Å². The second-order valence-electron chi connectivity index (χ2n) is 3.32. The van der Waals surface area contributed by atoms with E-state index in [-0.39, 0.29) is 5.97 Å². The standard InChI is InChI=1S/C12H12O2/c13-12-11(7-4-8-14-12)9-10-5-2-1-3-6-10/h1-3,5-6,9H,4,7-8H2. The van der Waals surface area contributed by atoms with Gasteiger partial charge in [-0.15, -0.1) is 0 Å². The lowest BCUT2D eigenvalue weighted by molar-refractivity contribution is -0.141. The Balaban J connectivity index is 2.21. The van der Waals surface area contributed by atoms with Gasteiger partial charge in [-0.1, -0.05) is 30.3 Å². The minimum absolute atomic E-state index is 0.167. The van der Waals surface area contributed by atoms with E-state index >= 15 is 0 Å². The van der Waals surface area contributed by atoms with E-state index in [1.165, 1.54) is 0 Å². The minimum Gasteiger partial charge on any atom is -0.462 e. The molecule has 0 spiro atoms. The predicted octanol–water partition coefficient (Wildman–Crippen LogP) is 2.41. The van der Waals surface area contributed by atoms with Gasteiger partial charge in [-0.25, -0.2) is 4.79 Å². The summed E-state index contributed by atoms with van der Waals surface area (Å²) in [5.41, 5.74) is 1.84. The highest BCUT2D eigenvalue weighted by Crippen LogP contribution is 2.17. The molecule has 0 unspecified atom stereocenters. The fourth-order valence-corrected chi connectivity index (χ4v) is 1.50. The number of benzene rings is 1. The van der Waals surface area contributed by atoms with Crippen molar-refractivity contribution < 1.29 is 9.53 Å². The first-order chi connectivity index (χ1) is 6.86. The first-order valence-electron chi connectivity index (χ1n) is 4.79. The molecule has 72 valence electrons. The van der Waals surface area contributed by atoms with Crippen molar-refractivity contribution in [2.24, 2.45) is 0 Å². The molecule has 1 saturated heterocycles. The summed E-state index contributed by atoms with van der Waals surface area (Å²) in [4.78, 5) is 11.3. The van der Waals surface area contributed by atoms with Gasteiger partial charge < -0.3 is 4.74 Å². The lowest BCUT2D eigenvalue weighted by atomic mass is 10.1. The van der Waals surface area contributed by atoms with Crippen LogP contribution in [-0.4, -0.2) is 12.6 Å². The number of rotatable bonds is 1. The number of esters is 1. The maximum atomic E-state index is 11.3. The average molecular weight is 188 g/mol. The van der Waals surface area contributed by atoms with Crippen LogP contribution in [0.5, 0.6) is 0 Å². The van der Waals surface area contributed by atoms with Crippen LogP contribution in [0.15, 0.2) is 35.9 Å².